The van der Waals surface area contributed by atoms with Crippen molar-refractivity contribution in [3.63, 3.8) is 0 Å². The van der Waals surface area contributed by atoms with Gasteiger partial charge in [0.15, 0.2) is 0 Å². The van der Waals surface area contributed by atoms with E-state index in [2.05, 4.69) is 38.7 Å². The molecule has 0 aromatic heterocycles. The van der Waals surface area contributed by atoms with Gasteiger partial charge in [-0.25, -0.2) is 0 Å². The molecular weight excluding hydrogens is 388 g/mol. The molecule has 0 atom stereocenters. The number of rotatable bonds is 1. The largest absolute Gasteiger partial charge is 0.386 e. The SMILES string of the molecule is CC(C)N1C[CH-][B][CH-]CC1.[Y].[Y].[Y]. The van der Waals surface area contributed by atoms with E-state index < -0.39 is 0 Å². The molecule has 66 valence electrons. The fourth-order valence-electron chi connectivity index (χ4n) is 1.19. The van der Waals surface area contributed by atoms with Crippen LogP contribution in [0.25, 0.3) is 0 Å². The minimum absolute atomic E-state index is 0. The van der Waals surface area contributed by atoms with Crippen molar-refractivity contribution in [2.75, 3.05) is 13.1 Å². The Kier molecular flexibility index (Phi) is 22.3. The molecule has 0 N–H and O–H groups in total. The first kappa shape index (κ1) is 21.6. The van der Waals surface area contributed by atoms with Crippen molar-refractivity contribution in [1.82, 2.24) is 4.90 Å². The van der Waals surface area contributed by atoms with Crippen molar-refractivity contribution in [3.8, 4) is 0 Å². The quantitative estimate of drug-likeness (QED) is 0.469. The van der Waals surface area contributed by atoms with Crippen LogP contribution in [0.4, 0.5) is 0 Å². The third kappa shape index (κ3) is 10.2. The Morgan fingerprint density at radius 2 is 1.77 bits per heavy atom. The van der Waals surface area contributed by atoms with Crippen LogP contribution in [0.1, 0.15) is 20.3 Å². The van der Waals surface area contributed by atoms with Gasteiger partial charge in [0.05, 0.1) is 0 Å². The van der Waals surface area contributed by atoms with Crippen molar-refractivity contribution in [3.05, 3.63) is 12.6 Å². The monoisotopic (exact) mass is 403 g/mol. The molecule has 4 radical (unpaired) electrons. The van der Waals surface area contributed by atoms with Crippen LogP contribution in [-0.4, -0.2) is 31.3 Å². The summed E-state index contributed by atoms with van der Waals surface area (Å²) in [5.41, 5.74) is 0. The van der Waals surface area contributed by atoms with E-state index in [0.717, 1.165) is 6.54 Å². The van der Waals surface area contributed by atoms with Gasteiger partial charge in [0.1, 0.15) is 0 Å². The zero-order valence-corrected chi connectivity index (χ0v) is 17.1. The molecule has 0 aromatic rings. The Balaban J connectivity index is -0.000000333. The summed E-state index contributed by atoms with van der Waals surface area (Å²) in [6.45, 7) is 6.83. The average molecular weight is 403 g/mol. The van der Waals surface area contributed by atoms with Crippen molar-refractivity contribution < 1.29 is 98.1 Å². The Labute approximate surface area is 159 Å². The van der Waals surface area contributed by atoms with Gasteiger partial charge in [-0.15, -0.1) is 6.54 Å². The van der Waals surface area contributed by atoms with Crippen LogP contribution in [0, 0.1) is 12.6 Å². The van der Waals surface area contributed by atoms with Gasteiger partial charge in [-0.05, 0) is 20.4 Å². The van der Waals surface area contributed by atoms with E-state index in [1.165, 1.54) is 13.0 Å². The number of nitrogens with zero attached hydrogens (tertiary/aromatic N) is 1. The van der Waals surface area contributed by atoms with Crippen molar-refractivity contribution >= 4 is 7.28 Å². The first-order chi connectivity index (χ1) is 4.80. The second-order valence-electron chi connectivity index (χ2n) is 3.04. The first-order valence-corrected chi connectivity index (χ1v) is 4.03. The van der Waals surface area contributed by atoms with Gasteiger partial charge in [0, 0.05) is 104 Å². The van der Waals surface area contributed by atoms with Crippen molar-refractivity contribution in [1.29, 1.82) is 0 Å². The molecule has 5 heteroatoms. The molecule has 1 fully saturated rings. The van der Waals surface area contributed by atoms with Crippen LogP contribution >= 0.6 is 0 Å². The van der Waals surface area contributed by atoms with E-state index in [0.29, 0.717) is 6.04 Å². The predicted octanol–water partition coefficient (Wildman–Crippen LogP) is 1.12. The fourth-order valence-corrected chi connectivity index (χ4v) is 1.19. The molecular formula is C8H15BNY3-2. The summed E-state index contributed by atoms with van der Waals surface area (Å²) >= 11 is 0. The summed E-state index contributed by atoms with van der Waals surface area (Å²) in [6, 6.07) is 0.691. The second kappa shape index (κ2) is 13.4. The summed E-state index contributed by atoms with van der Waals surface area (Å²) in [4.78, 5) is 2.47. The molecule has 1 aliphatic heterocycles. The van der Waals surface area contributed by atoms with E-state index in [9.17, 15) is 0 Å². The predicted molar refractivity (Wildman–Crippen MR) is 45.7 cm³/mol. The van der Waals surface area contributed by atoms with Crippen LogP contribution in [0.2, 0.25) is 0 Å². The van der Waals surface area contributed by atoms with Crippen LogP contribution in [0.3, 0.4) is 0 Å². The van der Waals surface area contributed by atoms with E-state index in [1.807, 2.05) is 0 Å². The minimum Gasteiger partial charge on any atom is -0.386 e. The van der Waals surface area contributed by atoms with E-state index >= 15 is 0 Å². The molecule has 0 unspecified atom stereocenters. The minimum atomic E-state index is 0. The second-order valence-corrected chi connectivity index (χ2v) is 3.04. The maximum atomic E-state index is 2.47. The molecule has 1 aliphatic rings. The van der Waals surface area contributed by atoms with Crippen LogP contribution in [0.5, 0.6) is 0 Å². The van der Waals surface area contributed by atoms with Gasteiger partial charge in [0.2, 0.25) is 0 Å². The summed E-state index contributed by atoms with van der Waals surface area (Å²) in [5.74, 6) is 0. The Bertz CT molecular complexity index is 95.4. The van der Waals surface area contributed by atoms with E-state index in [4.69, 9.17) is 0 Å². The normalized spacial score (nSPS) is 17.2. The van der Waals surface area contributed by atoms with Gasteiger partial charge < -0.3 is 24.8 Å². The van der Waals surface area contributed by atoms with Gasteiger partial charge in [0.25, 0.3) is 0 Å². The summed E-state index contributed by atoms with van der Waals surface area (Å²) in [5, 5.41) is 0. The van der Waals surface area contributed by atoms with E-state index in [-0.39, 0.29) is 98.1 Å². The van der Waals surface area contributed by atoms with Gasteiger partial charge in [-0.1, -0.05) is 0 Å². The molecule has 13 heavy (non-hydrogen) atoms. The molecule has 1 rings (SSSR count). The Hall–Kier alpha value is 3.34. The molecule has 0 bridgehead atoms. The fraction of sp³-hybridized carbons (Fsp3) is 0.750. The van der Waals surface area contributed by atoms with Gasteiger partial charge >= 0.3 is 0 Å². The van der Waals surface area contributed by atoms with E-state index in [1.54, 1.807) is 0 Å². The van der Waals surface area contributed by atoms with Crippen LogP contribution in [0.15, 0.2) is 0 Å². The summed E-state index contributed by atoms with van der Waals surface area (Å²) in [6.07, 6.45) is 5.67. The standard InChI is InChI=1S/C8H15BN.3Y/c1-8(2)10-6-3-4-9-5-7-10;;;/h4-5,8H,3,6-7H2,1-2H3;;;/q-2;;;. The summed E-state index contributed by atoms with van der Waals surface area (Å²) < 4.78 is 0. The molecule has 0 aromatic carbocycles. The molecule has 1 saturated heterocycles. The Morgan fingerprint density at radius 3 is 2.31 bits per heavy atom. The summed E-state index contributed by atoms with van der Waals surface area (Å²) in [7, 11) is 2.17. The average Bonchev–Trinajstić information content (AvgIpc) is 2.12. The molecule has 0 aliphatic carbocycles. The molecule has 0 amide bonds. The third-order valence-electron chi connectivity index (χ3n) is 1.93. The third-order valence-corrected chi connectivity index (χ3v) is 1.93. The molecule has 0 spiro atoms. The van der Waals surface area contributed by atoms with Gasteiger partial charge in [-0.2, -0.15) is 6.42 Å². The molecule has 1 nitrogen and oxygen atoms in total. The molecule has 1 heterocycles. The number of hydrogen-bond acceptors (Lipinski definition) is 1. The zero-order valence-electron chi connectivity index (χ0n) is 8.61. The maximum absolute atomic E-state index is 2.47. The van der Waals surface area contributed by atoms with Crippen molar-refractivity contribution in [2.45, 2.75) is 26.3 Å². The smallest absolute Gasteiger partial charge is 0.000884 e. The number of hydrogen-bond donors (Lipinski definition) is 0. The zero-order chi connectivity index (χ0) is 7.40. The van der Waals surface area contributed by atoms with Crippen LogP contribution < -0.4 is 0 Å². The maximum Gasteiger partial charge on any atom is 0.000884 e. The molecule has 0 saturated carbocycles. The first-order valence-electron chi connectivity index (χ1n) is 4.03. The Morgan fingerprint density at radius 1 is 1.15 bits per heavy atom. The van der Waals surface area contributed by atoms with Crippen molar-refractivity contribution in [2.24, 2.45) is 0 Å². The van der Waals surface area contributed by atoms with Crippen LogP contribution in [-0.2, 0) is 98.1 Å². The topological polar surface area (TPSA) is 3.24 Å². The van der Waals surface area contributed by atoms with Gasteiger partial charge in [-0.3, -0.25) is 0 Å².